The van der Waals surface area contributed by atoms with Crippen LogP contribution in [0.5, 0.6) is 5.75 Å². The fourth-order valence-corrected chi connectivity index (χ4v) is 2.33. The molecule has 0 radical (unpaired) electrons. The van der Waals surface area contributed by atoms with Crippen molar-refractivity contribution in [2.24, 2.45) is 7.05 Å². The Labute approximate surface area is 131 Å². The highest BCUT2D eigenvalue weighted by molar-refractivity contribution is 6.31. The third-order valence-corrected chi connectivity index (χ3v) is 3.80. The third kappa shape index (κ3) is 3.28. The number of non-ortho nitro benzene ring substituents is 1. The molecule has 0 saturated heterocycles. The van der Waals surface area contributed by atoms with Crippen LogP contribution >= 0.6 is 23.2 Å². The van der Waals surface area contributed by atoms with Gasteiger partial charge < -0.3 is 4.74 Å². The first kappa shape index (κ1) is 15.6. The molecule has 0 fully saturated rings. The molecule has 0 N–H and O–H groups in total. The van der Waals surface area contributed by atoms with Gasteiger partial charge in [-0.25, -0.2) is 0 Å². The lowest BCUT2D eigenvalue weighted by molar-refractivity contribution is -0.384. The van der Waals surface area contributed by atoms with E-state index in [9.17, 15) is 10.1 Å². The van der Waals surface area contributed by atoms with Gasteiger partial charge in [-0.3, -0.25) is 14.8 Å². The predicted octanol–water partition coefficient (Wildman–Crippen LogP) is 3.61. The maximum Gasteiger partial charge on any atom is 0.270 e. The van der Waals surface area contributed by atoms with E-state index in [1.54, 1.807) is 11.7 Å². The summed E-state index contributed by atoms with van der Waals surface area (Å²) >= 11 is 12.0. The molecule has 1 aromatic carbocycles. The normalized spacial score (nSPS) is 10.7. The molecule has 0 saturated carbocycles. The predicted molar refractivity (Wildman–Crippen MR) is 79.9 cm³/mol. The summed E-state index contributed by atoms with van der Waals surface area (Å²) < 4.78 is 7.31. The number of halogens is 2. The van der Waals surface area contributed by atoms with Crippen LogP contribution in [-0.2, 0) is 19.5 Å². The van der Waals surface area contributed by atoms with Crippen molar-refractivity contribution in [1.29, 1.82) is 0 Å². The molecular formula is C13H13Cl2N3O3. The van der Waals surface area contributed by atoms with Gasteiger partial charge in [0, 0.05) is 24.7 Å². The summed E-state index contributed by atoms with van der Waals surface area (Å²) in [4.78, 5) is 10.3. The Morgan fingerprint density at radius 1 is 1.48 bits per heavy atom. The summed E-state index contributed by atoms with van der Waals surface area (Å²) in [5, 5.41) is 15.5. The minimum absolute atomic E-state index is 0.0209. The zero-order chi connectivity index (χ0) is 15.6. The number of rotatable bonds is 5. The number of aryl methyl sites for hydroxylation is 2. The molecule has 0 aliphatic rings. The van der Waals surface area contributed by atoms with Crippen molar-refractivity contribution >= 4 is 28.9 Å². The minimum atomic E-state index is -0.471. The van der Waals surface area contributed by atoms with E-state index in [-0.39, 0.29) is 18.2 Å². The topological polar surface area (TPSA) is 70.2 Å². The Balaban J connectivity index is 2.22. The first-order valence-corrected chi connectivity index (χ1v) is 6.99. The first-order chi connectivity index (χ1) is 9.93. The van der Waals surface area contributed by atoms with Crippen LogP contribution < -0.4 is 4.74 Å². The maximum atomic E-state index is 10.7. The summed E-state index contributed by atoms with van der Waals surface area (Å²) in [6, 6.07) is 4.31. The van der Waals surface area contributed by atoms with Gasteiger partial charge >= 0.3 is 0 Å². The molecule has 6 nitrogen and oxygen atoms in total. The van der Waals surface area contributed by atoms with E-state index in [0.717, 1.165) is 11.4 Å². The molecule has 8 heteroatoms. The molecular weight excluding hydrogens is 317 g/mol. The quantitative estimate of drug-likeness (QED) is 0.477. The van der Waals surface area contributed by atoms with Crippen molar-refractivity contribution in [3.05, 3.63) is 50.3 Å². The average molecular weight is 330 g/mol. The van der Waals surface area contributed by atoms with Crippen LogP contribution in [0.15, 0.2) is 18.2 Å². The van der Waals surface area contributed by atoms with E-state index in [2.05, 4.69) is 5.10 Å². The lowest BCUT2D eigenvalue weighted by atomic mass is 10.2. The number of aromatic nitrogens is 2. The van der Waals surface area contributed by atoms with Crippen molar-refractivity contribution < 1.29 is 9.66 Å². The third-order valence-electron chi connectivity index (χ3n) is 3.02. The standard InChI is InChI=1S/C13H13Cl2N3O3/c1-8-13(15)11(17(2)16-8)7-21-12-4-3-10(18(19)20)5-9(12)6-14/h3-5H,6-7H2,1-2H3. The van der Waals surface area contributed by atoms with Crippen LogP contribution in [0.2, 0.25) is 5.02 Å². The van der Waals surface area contributed by atoms with Crippen LogP contribution in [0.4, 0.5) is 5.69 Å². The molecule has 2 rings (SSSR count). The number of hydrogen-bond donors (Lipinski definition) is 0. The van der Waals surface area contributed by atoms with Gasteiger partial charge in [0.05, 0.1) is 27.2 Å². The van der Waals surface area contributed by atoms with Crippen LogP contribution in [0, 0.1) is 17.0 Å². The van der Waals surface area contributed by atoms with Crippen molar-refractivity contribution in [3.63, 3.8) is 0 Å². The van der Waals surface area contributed by atoms with E-state index in [4.69, 9.17) is 27.9 Å². The zero-order valence-electron chi connectivity index (χ0n) is 11.5. The largest absolute Gasteiger partial charge is 0.487 e. The summed E-state index contributed by atoms with van der Waals surface area (Å²) in [6.45, 7) is 2.01. The first-order valence-electron chi connectivity index (χ1n) is 6.08. The smallest absolute Gasteiger partial charge is 0.270 e. The lowest BCUT2D eigenvalue weighted by Gasteiger charge is -2.10. The number of hydrogen-bond acceptors (Lipinski definition) is 4. The minimum Gasteiger partial charge on any atom is -0.487 e. The Bertz CT molecular complexity index is 686. The molecule has 0 spiro atoms. The van der Waals surface area contributed by atoms with Crippen molar-refractivity contribution in [2.45, 2.75) is 19.4 Å². The Morgan fingerprint density at radius 3 is 2.71 bits per heavy atom. The highest BCUT2D eigenvalue weighted by Crippen LogP contribution is 2.27. The van der Waals surface area contributed by atoms with Crippen LogP contribution in [0.1, 0.15) is 17.0 Å². The van der Waals surface area contributed by atoms with E-state index in [1.807, 2.05) is 6.92 Å². The summed E-state index contributed by atoms with van der Waals surface area (Å²) in [7, 11) is 1.77. The van der Waals surface area contributed by atoms with Gasteiger partial charge in [0.15, 0.2) is 0 Å². The van der Waals surface area contributed by atoms with Gasteiger partial charge in [0.2, 0.25) is 0 Å². The second kappa shape index (κ2) is 6.32. The molecule has 0 unspecified atom stereocenters. The van der Waals surface area contributed by atoms with Gasteiger partial charge in [-0.05, 0) is 13.0 Å². The molecule has 1 aromatic heterocycles. The average Bonchev–Trinajstić information content (AvgIpc) is 2.70. The molecule has 112 valence electrons. The summed E-state index contributed by atoms with van der Waals surface area (Å²) in [6.07, 6.45) is 0. The van der Waals surface area contributed by atoms with Crippen molar-refractivity contribution in [3.8, 4) is 5.75 Å². The fourth-order valence-electron chi connectivity index (χ4n) is 1.91. The second-order valence-corrected chi connectivity index (χ2v) is 5.09. The van der Waals surface area contributed by atoms with Crippen molar-refractivity contribution in [2.75, 3.05) is 0 Å². The number of ether oxygens (including phenoxy) is 1. The second-order valence-electron chi connectivity index (χ2n) is 4.44. The molecule has 0 aliphatic heterocycles. The summed E-state index contributed by atoms with van der Waals surface area (Å²) in [5.41, 5.74) is 1.99. The molecule has 0 bridgehead atoms. The zero-order valence-corrected chi connectivity index (χ0v) is 13.0. The van der Waals surface area contributed by atoms with Gasteiger partial charge in [0.1, 0.15) is 12.4 Å². The molecule has 0 aliphatic carbocycles. The Morgan fingerprint density at radius 2 is 2.19 bits per heavy atom. The number of nitro groups is 1. The number of benzene rings is 1. The Kier molecular flexibility index (Phi) is 4.69. The van der Waals surface area contributed by atoms with Crippen molar-refractivity contribution in [1.82, 2.24) is 9.78 Å². The van der Waals surface area contributed by atoms with E-state index in [0.29, 0.717) is 16.3 Å². The molecule has 0 atom stereocenters. The van der Waals surface area contributed by atoms with E-state index >= 15 is 0 Å². The number of nitrogens with zero attached hydrogens (tertiary/aromatic N) is 3. The fraction of sp³-hybridized carbons (Fsp3) is 0.308. The molecule has 0 amide bonds. The van der Waals surface area contributed by atoms with Gasteiger partial charge in [-0.2, -0.15) is 5.10 Å². The maximum absolute atomic E-state index is 10.7. The van der Waals surface area contributed by atoms with Crippen LogP contribution in [0.3, 0.4) is 0 Å². The molecule has 1 heterocycles. The molecule has 21 heavy (non-hydrogen) atoms. The Hall–Kier alpha value is -1.79. The SMILES string of the molecule is Cc1nn(C)c(COc2ccc([N+](=O)[O-])cc2CCl)c1Cl. The van der Waals surface area contributed by atoms with Gasteiger partial charge in [0.25, 0.3) is 5.69 Å². The van der Waals surface area contributed by atoms with Crippen LogP contribution in [0.25, 0.3) is 0 Å². The monoisotopic (exact) mass is 329 g/mol. The highest BCUT2D eigenvalue weighted by Gasteiger charge is 2.14. The number of nitro benzene ring substituents is 1. The highest BCUT2D eigenvalue weighted by atomic mass is 35.5. The number of alkyl halides is 1. The summed E-state index contributed by atoms with van der Waals surface area (Å²) in [5.74, 6) is 0.611. The van der Waals surface area contributed by atoms with Crippen LogP contribution in [-0.4, -0.2) is 14.7 Å². The van der Waals surface area contributed by atoms with Gasteiger partial charge in [-0.1, -0.05) is 11.6 Å². The van der Waals surface area contributed by atoms with E-state index in [1.165, 1.54) is 18.2 Å². The van der Waals surface area contributed by atoms with E-state index < -0.39 is 4.92 Å². The lowest BCUT2D eigenvalue weighted by Crippen LogP contribution is -2.05. The molecule has 2 aromatic rings. The van der Waals surface area contributed by atoms with Gasteiger partial charge in [-0.15, -0.1) is 11.6 Å².